The first-order chi connectivity index (χ1) is 17.2. The minimum absolute atomic E-state index is 0. The molecule has 0 amide bonds. The molecule has 0 aliphatic carbocycles. The van der Waals surface area contributed by atoms with Gasteiger partial charge in [-0.25, -0.2) is 13.5 Å². The molecule has 12 heteroatoms. The average Bonchev–Trinajstić information content (AvgIpc) is 3.17. The van der Waals surface area contributed by atoms with Crippen molar-refractivity contribution < 1.29 is 13.9 Å². The Morgan fingerprint density at radius 1 is 1.00 bits per heavy atom. The molecule has 37 heavy (non-hydrogen) atoms. The molecule has 0 radical (unpaired) electrons. The number of hydrogen-bond acceptors (Lipinski definition) is 8. The number of β-amino-alcohol motifs (C(OH)–C–C–N with tert-alkyl or cyclic N) is 1. The van der Waals surface area contributed by atoms with Gasteiger partial charge in [-0.2, -0.15) is 15.1 Å². The number of anilines is 3. The van der Waals surface area contributed by atoms with Crippen LogP contribution in [-0.4, -0.2) is 81.2 Å². The summed E-state index contributed by atoms with van der Waals surface area (Å²) in [7, 11) is 0. The molecule has 0 saturated carbocycles. The lowest BCUT2D eigenvalue weighted by Crippen LogP contribution is -2.60. The molecule has 3 N–H and O–H groups in total. The highest BCUT2D eigenvalue weighted by Gasteiger charge is 2.37. The van der Waals surface area contributed by atoms with Gasteiger partial charge in [0.15, 0.2) is 5.82 Å². The lowest BCUT2D eigenvalue weighted by atomic mass is 9.97. The smallest absolute Gasteiger partial charge is 0.224 e. The summed E-state index contributed by atoms with van der Waals surface area (Å²) in [5.41, 5.74) is 7.70. The van der Waals surface area contributed by atoms with Crippen molar-refractivity contribution in [1.82, 2.24) is 24.6 Å². The van der Waals surface area contributed by atoms with E-state index in [0.29, 0.717) is 43.5 Å². The molecule has 2 fully saturated rings. The van der Waals surface area contributed by atoms with Gasteiger partial charge in [-0.3, -0.25) is 4.90 Å². The molecule has 2 saturated heterocycles. The summed E-state index contributed by atoms with van der Waals surface area (Å²) >= 11 is 0. The molecule has 9 nitrogen and oxygen atoms in total. The Labute approximate surface area is 220 Å². The standard InChI is InChI=1S/C25H30F2N8O.ClH/c1-17-18(4-3-5-32-6-8-33(9-7-32)21-11-19(26)10-20(27)12-21)14-29-35(17)23-13-22(30-24(28)31-23)34-15-25(2,36)16-34;/h3-4,10-14,36H,5-9,15-16H2,1-2H3,(H2,28,30,31);1H/b4-3+;. The van der Waals surface area contributed by atoms with Crippen molar-refractivity contribution in [2.75, 3.05) is 61.3 Å². The van der Waals surface area contributed by atoms with E-state index in [-0.39, 0.29) is 18.4 Å². The zero-order chi connectivity index (χ0) is 25.4. The summed E-state index contributed by atoms with van der Waals surface area (Å²) in [5.74, 6) is 0.282. The average molecular weight is 533 g/mol. The molecule has 4 heterocycles. The Balaban J connectivity index is 0.00000320. The summed E-state index contributed by atoms with van der Waals surface area (Å²) < 4.78 is 28.8. The van der Waals surface area contributed by atoms with Crippen LogP contribution in [-0.2, 0) is 0 Å². The van der Waals surface area contributed by atoms with Crippen molar-refractivity contribution in [2.45, 2.75) is 19.4 Å². The van der Waals surface area contributed by atoms with E-state index < -0.39 is 17.2 Å². The minimum Gasteiger partial charge on any atom is -0.386 e. The molecule has 3 aromatic rings. The fraction of sp³-hybridized carbons (Fsp3) is 0.400. The van der Waals surface area contributed by atoms with Gasteiger partial charge in [0, 0.05) is 69.2 Å². The third kappa shape index (κ3) is 6.00. The molecule has 2 aliphatic heterocycles. The molecule has 0 spiro atoms. The highest BCUT2D eigenvalue weighted by molar-refractivity contribution is 5.85. The largest absolute Gasteiger partial charge is 0.386 e. The van der Waals surface area contributed by atoms with E-state index in [1.165, 1.54) is 12.1 Å². The van der Waals surface area contributed by atoms with Crippen molar-refractivity contribution in [3.05, 3.63) is 59.4 Å². The molecular formula is C25H31ClF2N8O. The molecular weight excluding hydrogens is 502 g/mol. The maximum absolute atomic E-state index is 13.5. The second-order valence-electron chi connectivity index (χ2n) is 9.71. The maximum Gasteiger partial charge on any atom is 0.224 e. The van der Waals surface area contributed by atoms with Crippen molar-refractivity contribution >= 4 is 35.9 Å². The minimum atomic E-state index is -0.719. The normalized spacial score (nSPS) is 17.6. The zero-order valence-corrected chi connectivity index (χ0v) is 21.6. The van der Waals surface area contributed by atoms with Gasteiger partial charge in [0.25, 0.3) is 0 Å². The SMILES string of the molecule is Cc1c(/C=C/CN2CCN(c3cc(F)cc(F)c3)CC2)cnn1-c1cc(N2CC(C)(O)C2)nc(N)n1.Cl. The highest BCUT2D eigenvalue weighted by Crippen LogP contribution is 2.28. The summed E-state index contributed by atoms with van der Waals surface area (Å²) in [6.45, 7) is 8.50. The number of rotatable bonds is 6. The van der Waals surface area contributed by atoms with Crippen LogP contribution in [0, 0.1) is 18.6 Å². The van der Waals surface area contributed by atoms with Crippen LogP contribution in [0.5, 0.6) is 0 Å². The van der Waals surface area contributed by atoms with E-state index in [2.05, 4.69) is 26.0 Å². The van der Waals surface area contributed by atoms with E-state index in [4.69, 9.17) is 5.73 Å². The first-order valence-corrected chi connectivity index (χ1v) is 11.9. The molecule has 0 atom stereocenters. The number of benzene rings is 1. The number of halogens is 3. The lowest BCUT2D eigenvalue weighted by Gasteiger charge is -2.44. The van der Waals surface area contributed by atoms with Crippen LogP contribution in [0.1, 0.15) is 18.2 Å². The Bertz CT molecular complexity index is 1260. The van der Waals surface area contributed by atoms with E-state index in [0.717, 1.165) is 37.0 Å². The quantitative estimate of drug-likeness (QED) is 0.500. The van der Waals surface area contributed by atoms with Gasteiger partial charge in [0.1, 0.15) is 17.5 Å². The van der Waals surface area contributed by atoms with Crippen LogP contribution < -0.4 is 15.5 Å². The second-order valence-corrected chi connectivity index (χ2v) is 9.71. The number of piperazine rings is 1. The number of nitrogens with two attached hydrogens (primary N) is 1. The second kappa shape index (κ2) is 10.6. The molecule has 5 rings (SSSR count). The van der Waals surface area contributed by atoms with Crippen LogP contribution >= 0.6 is 12.4 Å². The highest BCUT2D eigenvalue weighted by atomic mass is 35.5. The molecule has 0 unspecified atom stereocenters. The fourth-order valence-electron chi connectivity index (χ4n) is 4.70. The van der Waals surface area contributed by atoms with Gasteiger partial charge in [-0.15, -0.1) is 12.4 Å². The van der Waals surface area contributed by atoms with E-state index in [9.17, 15) is 13.9 Å². The number of aromatic nitrogens is 4. The van der Waals surface area contributed by atoms with Crippen molar-refractivity contribution in [3.63, 3.8) is 0 Å². The first-order valence-electron chi connectivity index (χ1n) is 11.9. The molecule has 2 aliphatic rings. The number of hydrogen-bond donors (Lipinski definition) is 2. The van der Waals surface area contributed by atoms with Crippen LogP contribution in [0.2, 0.25) is 0 Å². The number of nitrogens with zero attached hydrogens (tertiary/aromatic N) is 7. The number of nitrogen functional groups attached to an aromatic ring is 1. The van der Waals surface area contributed by atoms with Gasteiger partial charge < -0.3 is 20.6 Å². The van der Waals surface area contributed by atoms with Crippen molar-refractivity contribution in [2.24, 2.45) is 0 Å². The van der Waals surface area contributed by atoms with Crippen LogP contribution in [0.25, 0.3) is 11.9 Å². The fourth-order valence-corrected chi connectivity index (χ4v) is 4.70. The monoisotopic (exact) mass is 532 g/mol. The topological polar surface area (TPSA) is 99.6 Å². The Morgan fingerprint density at radius 3 is 2.30 bits per heavy atom. The van der Waals surface area contributed by atoms with Gasteiger partial charge in [-0.1, -0.05) is 12.2 Å². The maximum atomic E-state index is 13.5. The third-order valence-corrected chi connectivity index (χ3v) is 6.61. The van der Waals surface area contributed by atoms with Gasteiger partial charge in [0.05, 0.1) is 17.5 Å². The van der Waals surface area contributed by atoms with Gasteiger partial charge in [-0.05, 0) is 26.0 Å². The van der Waals surface area contributed by atoms with E-state index in [1.54, 1.807) is 17.8 Å². The third-order valence-electron chi connectivity index (χ3n) is 6.61. The van der Waals surface area contributed by atoms with E-state index in [1.807, 2.05) is 28.9 Å². The van der Waals surface area contributed by atoms with Crippen LogP contribution in [0.15, 0.2) is 36.5 Å². The molecule has 2 aromatic heterocycles. The van der Waals surface area contributed by atoms with Gasteiger partial charge >= 0.3 is 0 Å². The molecule has 198 valence electrons. The van der Waals surface area contributed by atoms with Crippen LogP contribution in [0.3, 0.4) is 0 Å². The lowest BCUT2D eigenvalue weighted by molar-refractivity contribution is 0.0305. The molecule has 1 aromatic carbocycles. The van der Waals surface area contributed by atoms with Crippen molar-refractivity contribution in [3.8, 4) is 5.82 Å². The van der Waals surface area contributed by atoms with E-state index >= 15 is 0 Å². The Kier molecular flexibility index (Phi) is 7.67. The predicted molar refractivity (Wildman–Crippen MR) is 142 cm³/mol. The van der Waals surface area contributed by atoms with Crippen molar-refractivity contribution in [1.29, 1.82) is 0 Å². The van der Waals surface area contributed by atoms with Gasteiger partial charge in [0.2, 0.25) is 5.95 Å². The Morgan fingerprint density at radius 2 is 1.65 bits per heavy atom. The molecule has 0 bridgehead atoms. The summed E-state index contributed by atoms with van der Waals surface area (Å²) in [5, 5.41) is 14.5. The summed E-state index contributed by atoms with van der Waals surface area (Å²) in [6.07, 6.45) is 5.91. The first kappa shape index (κ1) is 26.8. The Hall–Kier alpha value is -3.28. The predicted octanol–water partition coefficient (Wildman–Crippen LogP) is 2.66. The summed E-state index contributed by atoms with van der Waals surface area (Å²) in [6, 6.07) is 5.47. The zero-order valence-electron chi connectivity index (χ0n) is 20.8. The number of aliphatic hydroxyl groups is 1. The van der Waals surface area contributed by atoms with Crippen LogP contribution in [0.4, 0.5) is 26.2 Å². The summed E-state index contributed by atoms with van der Waals surface area (Å²) in [4.78, 5) is 14.9.